The molecule has 0 saturated heterocycles. The minimum absolute atomic E-state index is 0.0917. The van der Waals surface area contributed by atoms with E-state index in [2.05, 4.69) is 10.6 Å². The minimum atomic E-state index is -0.602. The van der Waals surface area contributed by atoms with Crippen LogP contribution in [0.1, 0.15) is 19.6 Å². The summed E-state index contributed by atoms with van der Waals surface area (Å²) < 4.78 is 4.91. The molecule has 1 amide bonds. The van der Waals surface area contributed by atoms with Crippen LogP contribution in [0.2, 0.25) is 0 Å². The molecule has 0 aliphatic heterocycles. The van der Waals surface area contributed by atoms with Gasteiger partial charge < -0.3 is 15.1 Å². The Bertz CT molecular complexity index is 400. The lowest BCUT2D eigenvalue weighted by Crippen LogP contribution is -2.37. The number of nitrogens with one attached hydrogen (secondary N) is 2. The Morgan fingerprint density at radius 2 is 2.24 bits per heavy atom. The highest BCUT2D eigenvalue weighted by Gasteiger charge is 2.11. The molecule has 0 radical (unpaired) electrons. The second kappa shape index (κ2) is 6.00. The Kier molecular flexibility index (Phi) is 4.65. The van der Waals surface area contributed by atoms with Gasteiger partial charge in [0.1, 0.15) is 10.7 Å². The van der Waals surface area contributed by atoms with Crippen LogP contribution >= 0.6 is 0 Å². The third-order valence-electron chi connectivity index (χ3n) is 1.86. The third kappa shape index (κ3) is 4.64. The molecule has 0 fully saturated rings. The van der Waals surface area contributed by atoms with Crippen LogP contribution in [0.4, 0.5) is 5.88 Å². The lowest BCUT2D eigenvalue weighted by Gasteiger charge is -2.08. The number of nitrogens with zero attached hydrogens (tertiary/aromatic N) is 1. The van der Waals surface area contributed by atoms with Gasteiger partial charge in [-0.3, -0.25) is 14.9 Å². The van der Waals surface area contributed by atoms with Crippen molar-refractivity contribution in [1.82, 2.24) is 10.6 Å². The van der Waals surface area contributed by atoms with Gasteiger partial charge in [-0.1, -0.05) is 0 Å². The number of furan rings is 1. The first-order valence-electron chi connectivity index (χ1n) is 5.22. The topological polar surface area (TPSA) is 97.4 Å². The molecule has 1 heterocycles. The summed E-state index contributed by atoms with van der Waals surface area (Å²) in [4.78, 5) is 21.0. The van der Waals surface area contributed by atoms with Crippen LogP contribution in [0.15, 0.2) is 16.5 Å². The quantitative estimate of drug-likeness (QED) is 0.567. The first kappa shape index (κ1) is 13.2. The van der Waals surface area contributed by atoms with Crippen LogP contribution in [0.5, 0.6) is 0 Å². The Morgan fingerprint density at radius 3 is 2.76 bits per heavy atom. The zero-order valence-corrected chi connectivity index (χ0v) is 9.73. The molecule has 0 aliphatic carbocycles. The van der Waals surface area contributed by atoms with Gasteiger partial charge in [-0.15, -0.1) is 0 Å². The molecular weight excluding hydrogens is 226 g/mol. The maximum atomic E-state index is 11.2. The van der Waals surface area contributed by atoms with Crippen LogP contribution in [-0.2, 0) is 11.3 Å². The van der Waals surface area contributed by atoms with Crippen molar-refractivity contribution in [2.75, 3.05) is 6.54 Å². The predicted octanol–water partition coefficient (Wildman–Crippen LogP) is 0.802. The molecule has 1 aromatic heterocycles. The zero-order valence-electron chi connectivity index (χ0n) is 9.73. The Hall–Kier alpha value is -1.89. The predicted molar refractivity (Wildman–Crippen MR) is 60.3 cm³/mol. The van der Waals surface area contributed by atoms with E-state index in [1.54, 1.807) is 0 Å². The van der Waals surface area contributed by atoms with Gasteiger partial charge in [0.2, 0.25) is 5.91 Å². The normalized spacial score (nSPS) is 10.5. The van der Waals surface area contributed by atoms with E-state index in [0.717, 1.165) is 0 Å². The number of hydrogen-bond donors (Lipinski definition) is 2. The van der Waals surface area contributed by atoms with Crippen molar-refractivity contribution in [3.8, 4) is 0 Å². The van der Waals surface area contributed by atoms with Gasteiger partial charge in [0.25, 0.3) is 0 Å². The standard InChI is InChI=1S/C10H15N3O4/c1-7(2)12-9(14)6-11-5-8-3-4-10(17-8)13(15)16/h3-4,7,11H,5-6H2,1-2H3,(H,12,14). The fourth-order valence-corrected chi connectivity index (χ4v) is 1.23. The molecule has 0 aliphatic rings. The molecule has 2 N–H and O–H groups in total. The highest BCUT2D eigenvalue weighted by atomic mass is 16.6. The van der Waals surface area contributed by atoms with Gasteiger partial charge in [-0.05, 0) is 19.9 Å². The molecule has 0 unspecified atom stereocenters. The van der Waals surface area contributed by atoms with E-state index in [0.29, 0.717) is 5.76 Å². The van der Waals surface area contributed by atoms with Crippen molar-refractivity contribution >= 4 is 11.8 Å². The van der Waals surface area contributed by atoms with Gasteiger partial charge >= 0.3 is 5.88 Å². The van der Waals surface area contributed by atoms with Crippen molar-refractivity contribution < 1.29 is 14.1 Å². The summed E-state index contributed by atoms with van der Waals surface area (Å²) in [6.45, 7) is 4.16. The fraction of sp³-hybridized carbons (Fsp3) is 0.500. The maximum absolute atomic E-state index is 11.2. The summed E-state index contributed by atoms with van der Waals surface area (Å²) in [5.74, 6) is 0.00327. The number of amides is 1. The van der Waals surface area contributed by atoms with E-state index in [-0.39, 0.29) is 30.9 Å². The summed E-state index contributed by atoms with van der Waals surface area (Å²) >= 11 is 0. The first-order valence-corrected chi connectivity index (χ1v) is 5.22. The molecule has 0 saturated carbocycles. The number of carbonyl (C=O) groups is 1. The summed E-state index contributed by atoms with van der Waals surface area (Å²) in [5.41, 5.74) is 0. The first-order chi connectivity index (χ1) is 7.99. The van der Waals surface area contributed by atoms with E-state index in [4.69, 9.17) is 4.42 Å². The lowest BCUT2D eigenvalue weighted by molar-refractivity contribution is -0.402. The molecule has 0 atom stereocenters. The van der Waals surface area contributed by atoms with Crippen molar-refractivity contribution in [3.05, 3.63) is 28.0 Å². The summed E-state index contributed by atoms with van der Waals surface area (Å²) in [5, 5.41) is 15.9. The molecule has 0 bridgehead atoms. The van der Waals surface area contributed by atoms with Gasteiger partial charge in [-0.2, -0.15) is 0 Å². The van der Waals surface area contributed by atoms with Crippen LogP contribution < -0.4 is 10.6 Å². The van der Waals surface area contributed by atoms with Gasteiger partial charge in [0.05, 0.1) is 19.2 Å². The van der Waals surface area contributed by atoms with Crippen molar-refractivity contribution in [2.24, 2.45) is 0 Å². The monoisotopic (exact) mass is 241 g/mol. The summed E-state index contributed by atoms with van der Waals surface area (Å²) in [7, 11) is 0. The van der Waals surface area contributed by atoms with Gasteiger partial charge in [0.15, 0.2) is 0 Å². The van der Waals surface area contributed by atoms with E-state index < -0.39 is 4.92 Å². The number of nitro groups is 1. The number of hydrogen-bond acceptors (Lipinski definition) is 5. The second-order valence-corrected chi connectivity index (χ2v) is 3.82. The Labute approximate surface area is 98.3 Å². The smallest absolute Gasteiger partial charge is 0.404 e. The highest BCUT2D eigenvalue weighted by Crippen LogP contribution is 2.14. The molecular formula is C10H15N3O4. The molecule has 17 heavy (non-hydrogen) atoms. The molecule has 1 rings (SSSR count). The molecule has 94 valence electrons. The average Bonchev–Trinajstić information content (AvgIpc) is 2.65. The molecule has 7 heteroatoms. The van der Waals surface area contributed by atoms with Crippen molar-refractivity contribution in [2.45, 2.75) is 26.4 Å². The van der Waals surface area contributed by atoms with E-state index in [1.807, 2.05) is 13.8 Å². The van der Waals surface area contributed by atoms with E-state index >= 15 is 0 Å². The number of carbonyl (C=O) groups excluding carboxylic acids is 1. The minimum Gasteiger partial charge on any atom is -0.404 e. The van der Waals surface area contributed by atoms with Crippen LogP contribution in [0.3, 0.4) is 0 Å². The summed E-state index contributed by atoms with van der Waals surface area (Å²) in [6, 6.07) is 2.88. The summed E-state index contributed by atoms with van der Waals surface area (Å²) in [6.07, 6.45) is 0. The Balaban J connectivity index is 2.31. The second-order valence-electron chi connectivity index (χ2n) is 3.82. The van der Waals surface area contributed by atoms with Crippen LogP contribution in [-0.4, -0.2) is 23.4 Å². The molecule has 0 spiro atoms. The fourth-order valence-electron chi connectivity index (χ4n) is 1.23. The SMILES string of the molecule is CC(C)NC(=O)CNCc1ccc([N+](=O)[O-])o1. The maximum Gasteiger partial charge on any atom is 0.433 e. The van der Waals surface area contributed by atoms with Crippen molar-refractivity contribution in [1.29, 1.82) is 0 Å². The van der Waals surface area contributed by atoms with E-state index in [9.17, 15) is 14.9 Å². The average molecular weight is 241 g/mol. The van der Waals surface area contributed by atoms with Crippen LogP contribution in [0.25, 0.3) is 0 Å². The van der Waals surface area contributed by atoms with Gasteiger partial charge in [-0.25, -0.2) is 0 Å². The number of rotatable bonds is 6. The lowest BCUT2D eigenvalue weighted by atomic mass is 10.4. The molecule has 1 aromatic rings. The molecule has 0 aromatic carbocycles. The molecule has 7 nitrogen and oxygen atoms in total. The zero-order chi connectivity index (χ0) is 12.8. The largest absolute Gasteiger partial charge is 0.433 e. The third-order valence-corrected chi connectivity index (χ3v) is 1.86. The highest BCUT2D eigenvalue weighted by molar-refractivity contribution is 5.78. The van der Waals surface area contributed by atoms with Crippen molar-refractivity contribution in [3.63, 3.8) is 0 Å². The van der Waals surface area contributed by atoms with E-state index in [1.165, 1.54) is 12.1 Å². The van der Waals surface area contributed by atoms with Crippen LogP contribution in [0, 0.1) is 10.1 Å². The van der Waals surface area contributed by atoms with Gasteiger partial charge in [0, 0.05) is 6.04 Å². The Morgan fingerprint density at radius 1 is 1.53 bits per heavy atom.